The summed E-state index contributed by atoms with van der Waals surface area (Å²) >= 11 is 0. The van der Waals surface area contributed by atoms with Gasteiger partial charge in [-0.2, -0.15) is 5.26 Å². The Labute approximate surface area is 167 Å². The third-order valence-corrected chi connectivity index (χ3v) is 4.79. The molecule has 0 atom stereocenters. The predicted molar refractivity (Wildman–Crippen MR) is 112 cm³/mol. The van der Waals surface area contributed by atoms with Gasteiger partial charge in [-0.1, -0.05) is 55.8 Å². The minimum absolute atomic E-state index is 0.202. The molecule has 1 aliphatic heterocycles. The SMILES string of the molecule is CC(C)COC(=O)N1CCC(=Cc2cccc(-c3cccc(C#N)c3)c2)CC1. The molecule has 4 nitrogen and oxygen atoms in total. The van der Waals surface area contributed by atoms with Crippen molar-refractivity contribution in [2.75, 3.05) is 19.7 Å². The molecular weight excluding hydrogens is 348 g/mol. The average Bonchev–Trinajstić information content (AvgIpc) is 2.73. The van der Waals surface area contributed by atoms with Crippen molar-refractivity contribution < 1.29 is 9.53 Å². The number of rotatable bonds is 4. The van der Waals surface area contributed by atoms with Gasteiger partial charge in [0.1, 0.15) is 0 Å². The maximum atomic E-state index is 12.1. The molecule has 0 spiro atoms. The Morgan fingerprint density at radius 2 is 1.82 bits per heavy atom. The first kappa shape index (κ1) is 19.7. The van der Waals surface area contributed by atoms with Crippen LogP contribution in [0.25, 0.3) is 17.2 Å². The maximum absolute atomic E-state index is 12.1. The summed E-state index contributed by atoms with van der Waals surface area (Å²) in [6, 6.07) is 18.2. The molecule has 4 heteroatoms. The van der Waals surface area contributed by atoms with Gasteiger partial charge in [-0.3, -0.25) is 0 Å². The molecule has 0 bridgehead atoms. The van der Waals surface area contributed by atoms with Crippen molar-refractivity contribution in [2.45, 2.75) is 26.7 Å². The van der Waals surface area contributed by atoms with Crippen molar-refractivity contribution in [3.05, 3.63) is 65.2 Å². The Bertz CT molecular complexity index is 899. The number of benzene rings is 2. The van der Waals surface area contributed by atoms with E-state index in [0.717, 1.165) is 29.5 Å². The molecule has 1 heterocycles. The van der Waals surface area contributed by atoms with E-state index in [4.69, 9.17) is 10.00 Å². The second-order valence-electron chi connectivity index (χ2n) is 7.58. The lowest BCUT2D eigenvalue weighted by atomic mass is 9.98. The van der Waals surface area contributed by atoms with Gasteiger partial charge in [-0.05, 0) is 53.6 Å². The van der Waals surface area contributed by atoms with E-state index in [2.05, 4.69) is 30.3 Å². The molecule has 1 saturated heterocycles. The summed E-state index contributed by atoms with van der Waals surface area (Å²) in [5.41, 5.74) is 5.29. The summed E-state index contributed by atoms with van der Waals surface area (Å²) in [5.74, 6) is 0.352. The standard InChI is InChI=1S/C24H26N2O2/c1-18(2)17-28-24(27)26-11-9-19(10-12-26)13-20-5-3-7-22(14-20)23-8-4-6-21(15-23)16-25/h3-8,13-15,18H,9-12,17H2,1-2H3. The Morgan fingerprint density at radius 1 is 1.14 bits per heavy atom. The average molecular weight is 374 g/mol. The minimum atomic E-state index is -0.202. The van der Waals surface area contributed by atoms with E-state index < -0.39 is 0 Å². The van der Waals surface area contributed by atoms with Crippen LogP contribution in [0.1, 0.15) is 37.8 Å². The smallest absolute Gasteiger partial charge is 0.409 e. The Balaban J connectivity index is 1.65. The van der Waals surface area contributed by atoms with Crippen LogP contribution in [0.15, 0.2) is 54.1 Å². The highest BCUT2D eigenvalue weighted by Gasteiger charge is 2.20. The largest absolute Gasteiger partial charge is 0.449 e. The molecule has 1 aliphatic rings. The summed E-state index contributed by atoms with van der Waals surface area (Å²) in [4.78, 5) is 13.9. The van der Waals surface area contributed by atoms with E-state index in [-0.39, 0.29) is 6.09 Å². The molecule has 1 fully saturated rings. The van der Waals surface area contributed by atoms with Crippen molar-refractivity contribution in [2.24, 2.45) is 5.92 Å². The number of piperidine rings is 1. The second-order valence-corrected chi connectivity index (χ2v) is 7.58. The highest BCUT2D eigenvalue weighted by molar-refractivity contribution is 5.70. The van der Waals surface area contributed by atoms with E-state index in [1.165, 1.54) is 5.57 Å². The molecule has 0 unspecified atom stereocenters. The van der Waals surface area contributed by atoms with Gasteiger partial charge in [0.2, 0.25) is 0 Å². The molecule has 0 radical (unpaired) electrons. The van der Waals surface area contributed by atoms with Crippen LogP contribution in [0.3, 0.4) is 0 Å². The third-order valence-electron chi connectivity index (χ3n) is 4.79. The lowest BCUT2D eigenvalue weighted by Gasteiger charge is -2.28. The van der Waals surface area contributed by atoms with E-state index in [9.17, 15) is 4.79 Å². The van der Waals surface area contributed by atoms with E-state index in [1.807, 2.05) is 44.2 Å². The molecule has 2 aromatic carbocycles. The Kier molecular flexibility index (Phi) is 6.49. The summed E-state index contributed by atoms with van der Waals surface area (Å²) in [5, 5.41) is 9.10. The van der Waals surface area contributed by atoms with Crippen molar-refractivity contribution >= 4 is 12.2 Å². The number of amides is 1. The number of carbonyl (C=O) groups is 1. The van der Waals surface area contributed by atoms with Crippen LogP contribution < -0.4 is 0 Å². The molecule has 2 aromatic rings. The van der Waals surface area contributed by atoms with Crippen molar-refractivity contribution in [3.8, 4) is 17.2 Å². The number of hydrogen-bond acceptors (Lipinski definition) is 3. The summed E-state index contributed by atoms with van der Waals surface area (Å²) < 4.78 is 5.32. The summed E-state index contributed by atoms with van der Waals surface area (Å²) in [7, 11) is 0. The minimum Gasteiger partial charge on any atom is -0.449 e. The molecule has 0 saturated carbocycles. The zero-order chi connectivity index (χ0) is 19.9. The molecule has 144 valence electrons. The predicted octanol–water partition coefficient (Wildman–Crippen LogP) is 5.50. The van der Waals surface area contributed by atoms with Gasteiger partial charge in [0, 0.05) is 13.1 Å². The zero-order valence-electron chi connectivity index (χ0n) is 16.5. The third kappa shape index (κ3) is 5.23. The number of carbonyl (C=O) groups excluding carboxylic acids is 1. The molecule has 3 rings (SSSR count). The highest BCUT2D eigenvalue weighted by atomic mass is 16.6. The quantitative estimate of drug-likeness (QED) is 0.710. The highest BCUT2D eigenvalue weighted by Crippen LogP contribution is 2.25. The summed E-state index contributed by atoms with van der Waals surface area (Å²) in [6.07, 6.45) is 3.75. The molecule has 0 N–H and O–H groups in total. The fraction of sp³-hybridized carbons (Fsp3) is 0.333. The summed E-state index contributed by atoms with van der Waals surface area (Å²) in [6.45, 7) is 5.95. The van der Waals surface area contributed by atoms with Gasteiger partial charge >= 0.3 is 6.09 Å². The lowest BCUT2D eigenvalue weighted by molar-refractivity contribution is 0.0896. The first-order chi connectivity index (χ1) is 13.5. The van der Waals surface area contributed by atoms with Gasteiger partial charge in [0.25, 0.3) is 0 Å². The van der Waals surface area contributed by atoms with Crippen LogP contribution in [-0.4, -0.2) is 30.7 Å². The number of likely N-dealkylation sites (tertiary alicyclic amines) is 1. The van der Waals surface area contributed by atoms with Crippen molar-refractivity contribution in [3.63, 3.8) is 0 Å². The molecular formula is C24H26N2O2. The first-order valence-corrected chi connectivity index (χ1v) is 9.77. The van der Waals surface area contributed by atoms with Crippen LogP contribution in [0.5, 0.6) is 0 Å². The van der Waals surface area contributed by atoms with E-state index >= 15 is 0 Å². The zero-order valence-corrected chi connectivity index (χ0v) is 16.5. The van der Waals surface area contributed by atoms with Gasteiger partial charge in [-0.15, -0.1) is 0 Å². The maximum Gasteiger partial charge on any atom is 0.409 e. The van der Waals surface area contributed by atoms with Crippen LogP contribution >= 0.6 is 0 Å². The number of hydrogen-bond donors (Lipinski definition) is 0. The van der Waals surface area contributed by atoms with Gasteiger partial charge in [-0.25, -0.2) is 4.79 Å². The first-order valence-electron chi connectivity index (χ1n) is 9.77. The Morgan fingerprint density at radius 3 is 2.50 bits per heavy atom. The molecule has 0 aromatic heterocycles. The van der Waals surface area contributed by atoms with Crippen LogP contribution in [0.4, 0.5) is 4.79 Å². The van der Waals surface area contributed by atoms with Gasteiger partial charge in [0.15, 0.2) is 0 Å². The monoisotopic (exact) mass is 374 g/mol. The molecule has 0 aliphatic carbocycles. The number of nitriles is 1. The topological polar surface area (TPSA) is 53.3 Å². The van der Waals surface area contributed by atoms with Gasteiger partial charge in [0.05, 0.1) is 18.2 Å². The fourth-order valence-electron chi connectivity index (χ4n) is 3.26. The Hall–Kier alpha value is -3.06. The van der Waals surface area contributed by atoms with Crippen LogP contribution in [0.2, 0.25) is 0 Å². The van der Waals surface area contributed by atoms with E-state index in [0.29, 0.717) is 31.2 Å². The molecule has 28 heavy (non-hydrogen) atoms. The number of ether oxygens (including phenoxy) is 1. The van der Waals surface area contributed by atoms with Crippen LogP contribution in [-0.2, 0) is 4.74 Å². The van der Waals surface area contributed by atoms with Crippen molar-refractivity contribution in [1.29, 1.82) is 5.26 Å². The number of nitrogens with zero attached hydrogens (tertiary/aromatic N) is 2. The van der Waals surface area contributed by atoms with Crippen molar-refractivity contribution in [1.82, 2.24) is 4.90 Å². The second kappa shape index (κ2) is 9.23. The van der Waals surface area contributed by atoms with Gasteiger partial charge < -0.3 is 9.64 Å². The molecule has 1 amide bonds. The fourth-order valence-corrected chi connectivity index (χ4v) is 3.26. The van der Waals surface area contributed by atoms with E-state index in [1.54, 1.807) is 4.90 Å². The van der Waals surface area contributed by atoms with Crippen LogP contribution in [0, 0.1) is 17.2 Å². The lowest BCUT2D eigenvalue weighted by Crippen LogP contribution is -2.37. The normalized spacial score (nSPS) is 13.9.